The fourth-order valence-corrected chi connectivity index (χ4v) is 2.15. The van der Waals surface area contributed by atoms with E-state index in [2.05, 4.69) is 0 Å². The summed E-state index contributed by atoms with van der Waals surface area (Å²) in [6.07, 6.45) is 2.10. The lowest BCUT2D eigenvalue weighted by Gasteiger charge is -2.20. The molecular weight excluding hydrogens is 280 g/mol. The molecule has 1 aromatic heterocycles. The standard InChI is InChI=1S/C18H22O4/c1-4-18(2,3)17(20)21-11-7-8-13-12-16(19)22-15-10-6-5-9-14(13)15/h5-6,9-10,12H,4,7-8,11H2,1-3H3. The van der Waals surface area contributed by atoms with Gasteiger partial charge in [-0.25, -0.2) is 4.79 Å². The first kappa shape index (κ1) is 16.3. The van der Waals surface area contributed by atoms with Crippen LogP contribution in [-0.4, -0.2) is 12.6 Å². The maximum atomic E-state index is 11.9. The highest BCUT2D eigenvalue weighted by atomic mass is 16.5. The Balaban J connectivity index is 1.98. The lowest BCUT2D eigenvalue weighted by atomic mass is 9.91. The third-order valence-corrected chi connectivity index (χ3v) is 4.00. The van der Waals surface area contributed by atoms with Gasteiger partial charge < -0.3 is 9.15 Å². The molecule has 0 spiro atoms. The first-order valence-corrected chi connectivity index (χ1v) is 7.63. The Bertz CT molecular complexity index is 712. The highest BCUT2D eigenvalue weighted by Gasteiger charge is 2.26. The Kier molecular flexibility index (Phi) is 5.01. The predicted octanol–water partition coefficient (Wildman–Crippen LogP) is 3.71. The molecule has 4 nitrogen and oxygen atoms in total. The summed E-state index contributed by atoms with van der Waals surface area (Å²) in [4.78, 5) is 23.4. The van der Waals surface area contributed by atoms with E-state index in [0.29, 0.717) is 25.0 Å². The molecule has 0 N–H and O–H groups in total. The minimum Gasteiger partial charge on any atom is -0.465 e. The molecule has 1 aromatic carbocycles. The van der Waals surface area contributed by atoms with Crippen molar-refractivity contribution < 1.29 is 13.9 Å². The zero-order valence-electron chi connectivity index (χ0n) is 13.3. The fraction of sp³-hybridized carbons (Fsp3) is 0.444. The quantitative estimate of drug-likeness (QED) is 0.464. The average molecular weight is 302 g/mol. The molecule has 2 aromatic rings. The lowest BCUT2D eigenvalue weighted by molar-refractivity contribution is -0.154. The van der Waals surface area contributed by atoms with Crippen LogP contribution in [0.1, 0.15) is 39.2 Å². The van der Waals surface area contributed by atoms with Crippen LogP contribution in [0.4, 0.5) is 0 Å². The number of rotatable bonds is 6. The Hall–Kier alpha value is -2.10. The van der Waals surface area contributed by atoms with Gasteiger partial charge in [0, 0.05) is 11.5 Å². The van der Waals surface area contributed by atoms with E-state index in [1.54, 1.807) is 6.07 Å². The van der Waals surface area contributed by atoms with E-state index in [4.69, 9.17) is 9.15 Å². The number of para-hydroxylation sites is 1. The maximum Gasteiger partial charge on any atom is 0.336 e. The molecule has 0 fully saturated rings. The third kappa shape index (κ3) is 3.75. The van der Waals surface area contributed by atoms with E-state index >= 15 is 0 Å². The fourth-order valence-electron chi connectivity index (χ4n) is 2.15. The van der Waals surface area contributed by atoms with E-state index < -0.39 is 5.41 Å². The van der Waals surface area contributed by atoms with Gasteiger partial charge in [-0.1, -0.05) is 25.1 Å². The van der Waals surface area contributed by atoms with Crippen molar-refractivity contribution in [3.05, 3.63) is 46.3 Å². The van der Waals surface area contributed by atoms with Crippen LogP contribution < -0.4 is 5.63 Å². The molecule has 0 amide bonds. The molecule has 0 aliphatic carbocycles. The van der Waals surface area contributed by atoms with Crippen molar-refractivity contribution >= 4 is 16.9 Å². The summed E-state index contributed by atoms with van der Waals surface area (Å²) >= 11 is 0. The van der Waals surface area contributed by atoms with Gasteiger partial charge in [-0.15, -0.1) is 0 Å². The molecule has 0 atom stereocenters. The van der Waals surface area contributed by atoms with Crippen LogP contribution in [0.15, 0.2) is 39.5 Å². The minimum absolute atomic E-state index is 0.174. The Labute approximate surface area is 130 Å². The van der Waals surface area contributed by atoms with Crippen molar-refractivity contribution in [3.8, 4) is 0 Å². The van der Waals surface area contributed by atoms with Gasteiger partial charge in [0.05, 0.1) is 12.0 Å². The number of aryl methyl sites for hydroxylation is 1. The largest absolute Gasteiger partial charge is 0.465 e. The molecule has 0 aliphatic heterocycles. The topological polar surface area (TPSA) is 56.5 Å². The van der Waals surface area contributed by atoms with E-state index in [-0.39, 0.29) is 11.6 Å². The summed E-state index contributed by atoms with van der Waals surface area (Å²) in [5.41, 5.74) is 0.727. The Morgan fingerprint density at radius 3 is 2.73 bits per heavy atom. The van der Waals surface area contributed by atoms with E-state index in [0.717, 1.165) is 17.4 Å². The van der Waals surface area contributed by atoms with Crippen LogP contribution in [0, 0.1) is 5.41 Å². The molecule has 0 bridgehead atoms. The second-order valence-electron chi connectivity index (χ2n) is 6.06. The van der Waals surface area contributed by atoms with Crippen molar-refractivity contribution in [1.29, 1.82) is 0 Å². The van der Waals surface area contributed by atoms with Crippen molar-refractivity contribution in [2.75, 3.05) is 6.61 Å². The zero-order chi connectivity index (χ0) is 16.2. The summed E-state index contributed by atoms with van der Waals surface area (Å²) in [6, 6.07) is 8.98. The molecule has 0 saturated heterocycles. The van der Waals surface area contributed by atoms with Crippen LogP contribution in [0.5, 0.6) is 0 Å². The number of carbonyl (C=O) groups is 1. The molecule has 0 saturated carbocycles. The highest BCUT2D eigenvalue weighted by molar-refractivity contribution is 5.80. The molecule has 2 rings (SSSR count). The second-order valence-corrected chi connectivity index (χ2v) is 6.06. The summed E-state index contributed by atoms with van der Waals surface area (Å²) in [7, 11) is 0. The second kappa shape index (κ2) is 6.77. The molecule has 0 unspecified atom stereocenters. The molecule has 22 heavy (non-hydrogen) atoms. The van der Waals surface area contributed by atoms with Crippen LogP contribution in [-0.2, 0) is 16.0 Å². The van der Waals surface area contributed by atoms with Gasteiger partial charge in [0.25, 0.3) is 0 Å². The summed E-state index contributed by atoms with van der Waals surface area (Å²) in [6.45, 7) is 6.09. The van der Waals surface area contributed by atoms with Gasteiger partial charge in [0.15, 0.2) is 0 Å². The molecule has 1 heterocycles. The Morgan fingerprint density at radius 2 is 2.00 bits per heavy atom. The number of ether oxygens (including phenoxy) is 1. The first-order valence-electron chi connectivity index (χ1n) is 7.63. The maximum absolute atomic E-state index is 11.9. The normalized spacial score (nSPS) is 11.6. The first-order chi connectivity index (χ1) is 10.4. The van der Waals surface area contributed by atoms with Gasteiger partial charge in [0.2, 0.25) is 0 Å². The SMILES string of the molecule is CCC(C)(C)C(=O)OCCCc1cc(=O)oc2ccccc12. The Morgan fingerprint density at radius 1 is 1.27 bits per heavy atom. The monoisotopic (exact) mass is 302 g/mol. The highest BCUT2D eigenvalue weighted by Crippen LogP contribution is 2.22. The van der Waals surface area contributed by atoms with E-state index in [1.807, 2.05) is 39.0 Å². The van der Waals surface area contributed by atoms with Crippen LogP contribution in [0.2, 0.25) is 0 Å². The smallest absolute Gasteiger partial charge is 0.336 e. The van der Waals surface area contributed by atoms with Crippen molar-refractivity contribution in [1.82, 2.24) is 0 Å². The molecular formula is C18H22O4. The van der Waals surface area contributed by atoms with Crippen molar-refractivity contribution in [3.63, 3.8) is 0 Å². The van der Waals surface area contributed by atoms with E-state index in [1.165, 1.54) is 6.07 Å². The van der Waals surface area contributed by atoms with Crippen LogP contribution >= 0.6 is 0 Å². The van der Waals surface area contributed by atoms with Gasteiger partial charge in [0.1, 0.15) is 5.58 Å². The van der Waals surface area contributed by atoms with E-state index in [9.17, 15) is 9.59 Å². The van der Waals surface area contributed by atoms with Crippen LogP contribution in [0.25, 0.3) is 11.0 Å². The lowest BCUT2D eigenvalue weighted by Crippen LogP contribution is -2.26. The van der Waals surface area contributed by atoms with Gasteiger partial charge >= 0.3 is 11.6 Å². The zero-order valence-corrected chi connectivity index (χ0v) is 13.3. The number of hydrogen-bond donors (Lipinski definition) is 0. The summed E-state index contributed by atoms with van der Waals surface area (Å²) in [5, 5.41) is 0.933. The summed E-state index contributed by atoms with van der Waals surface area (Å²) < 4.78 is 10.5. The molecule has 0 radical (unpaired) electrons. The summed E-state index contributed by atoms with van der Waals surface area (Å²) in [5.74, 6) is -0.174. The van der Waals surface area contributed by atoms with Crippen molar-refractivity contribution in [2.24, 2.45) is 5.41 Å². The molecule has 0 aliphatic rings. The predicted molar refractivity (Wildman–Crippen MR) is 85.8 cm³/mol. The number of fused-ring (bicyclic) bond motifs is 1. The number of hydrogen-bond acceptors (Lipinski definition) is 4. The van der Waals surface area contributed by atoms with Gasteiger partial charge in [-0.05, 0) is 44.7 Å². The number of esters is 1. The van der Waals surface area contributed by atoms with Gasteiger partial charge in [-0.3, -0.25) is 4.79 Å². The molecule has 118 valence electrons. The minimum atomic E-state index is -0.444. The number of benzene rings is 1. The third-order valence-electron chi connectivity index (χ3n) is 4.00. The van der Waals surface area contributed by atoms with Gasteiger partial charge in [-0.2, -0.15) is 0 Å². The van der Waals surface area contributed by atoms with Crippen molar-refractivity contribution in [2.45, 2.75) is 40.0 Å². The molecule has 4 heteroatoms. The average Bonchev–Trinajstić information content (AvgIpc) is 2.50. The number of carbonyl (C=O) groups excluding carboxylic acids is 1. The van der Waals surface area contributed by atoms with Crippen LogP contribution in [0.3, 0.4) is 0 Å².